The highest BCUT2D eigenvalue weighted by Crippen LogP contribution is 2.26. The zero-order valence-corrected chi connectivity index (χ0v) is 15.8. The first-order chi connectivity index (χ1) is 12.6. The summed E-state index contributed by atoms with van der Waals surface area (Å²) in [6, 6.07) is 5.87. The average molecular weight is 353 g/mol. The minimum Gasteiger partial charge on any atom is -0.367 e. The van der Waals surface area contributed by atoms with Gasteiger partial charge in [-0.1, -0.05) is 19.9 Å². The number of nitrogens with one attached hydrogen (secondary N) is 1. The van der Waals surface area contributed by atoms with Gasteiger partial charge in [0.1, 0.15) is 11.8 Å². The molecule has 3 rings (SSSR count). The second-order valence-corrected chi connectivity index (χ2v) is 7.01. The highest BCUT2D eigenvalue weighted by atomic mass is 16.2. The number of likely N-dealkylation sites (N-methyl/N-ethyl adjacent to an activating group) is 1. The van der Waals surface area contributed by atoms with Crippen LogP contribution in [0.5, 0.6) is 0 Å². The van der Waals surface area contributed by atoms with Gasteiger partial charge in [-0.05, 0) is 19.2 Å². The van der Waals surface area contributed by atoms with Crippen molar-refractivity contribution in [1.82, 2.24) is 19.8 Å². The number of fused-ring (bicyclic) bond motifs is 1. The molecule has 1 aliphatic rings. The Balaban J connectivity index is 1.72. The topological polar surface area (TPSA) is 53.4 Å². The molecule has 2 aromatic rings. The van der Waals surface area contributed by atoms with E-state index in [2.05, 4.69) is 58.9 Å². The molecule has 0 radical (unpaired) electrons. The Labute approximate surface area is 155 Å². The number of piperazine rings is 1. The quantitative estimate of drug-likeness (QED) is 0.680. The van der Waals surface area contributed by atoms with Gasteiger partial charge in [0.15, 0.2) is 0 Å². The molecule has 1 aliphatic heterocycles. The molecule has 1 aromatic carbocycles. The summed E-state index contributed by atoms with van der Waals surface area (Å²) in [5, 5.41) is 2.92. The minimum atomic E-state index is -0.158. The smallest absolute Gasteiger partial charge is 0.327 e. The molecule has 1 N–H and O–H groups in total. The summed E-state index contributed by atoms with van der Waals surface area (Å²) >= 11 is 0. The van der Waals surface area contributed by atoms with Crippen molar-refractivity contribution in [2.45, 2.75) is 20.3 Å². The van der Waals surface area contributed by atoms with Crippen molar-refractivity contribution >= 4 is 22.8 Å². The average Bonchev–Trinajstić information content (AvgIpc) is 3.06. The van der Waals surface area contributed by atoms with Crippen molar-refractivity contribution in [2.75, 3.05) is 44.7 Å². The molecule has 26 heavy (non-hydrogen) atoms. The molecule has 0 unspecified atom stereocenters. The Bertz CT molecular complexity index is 822. The van der Waals surface area contributed by atoms with Crippen molar-refractivity contribution in [3.63, 3.8) is 0 Å². The molecular weight excluding hydrogens is 326 g/mol. The summed E-state index contributed by atoms with van der Waals surface area (Å²) in [5.41, 5.74) is 2.82. The molecule has 6 nitrogen and oxygen atoms in total. The fourth-order valence-corrected chi connectivity index (χ4v) is 3.08. The second-order valence-electron chi connectivity index (χ2n) is 7.01. The van der Waals surface area contributed by atoms with Gasteiger partial charge in [0.2, 0.25) is 0 Å². The first-order valence-electron chi connectivity index (χ1n) is 9.22. The molecule has 6 heteroatoms. The lowest BCUT2D eigenvalue weighted by atomic mass is 10.2. The number of nitrogens with zero attached hydrogens (tertiary/aromatic N) is 4. The maximum absolute atomic E-state index is 12.5. The Kier molecular flexibility index (Phi) is 5.79. The van der Waals surface area contributed by atoms with Crippen LogP contribution in [0.4, 0.5) is 10.5 Å². The number of hydrogen-bond donors (Lipinski definition) is 1. The van der Waals surface area contributed by atoms with E-state index < -0.39 is 0 Å². The summed E-state index contributed by atoms with van der Waals surface area (Å²) in [7, 11) is 2.14. The predicted octanol–water partition coefficient (Wildman–Crippen LogP) is 2.40. The van der Waals surface area contributed by atoms with Crippen LogP contribution in [0.2, 0.25) is 0 Å². The molecule has 1 saturated heterocycles. The number of rotatable bonds is 3. The van der Waals surface area contributed by atoms with E-state index >= 15 is 0 Å². The fraction of sp³-hybridized carbons (Fsp3) is 0.500. The lowest BCUT2D eigenvalue weighted by Crippen LogP contribution is -2.44. The number of hydrogen-bond acceptors (Lipinski definition) is 4. The van der Waals surface area contributed by atoms with E-state index in [-0.39, 0.29) is 6.03 Å². The molecule has 1 amide bonds. The lowest BCUT2D eigenvalue weighted by Gasteiger charge is -2.34. The largest absolute Gasteiger partial charge is 0.367 e. The third-order valence-electron chi connectivity index (χ3n) is 4.53. The Morgan fingerprint density at radius 3 is 2.77 bits per heavy atom. The van der Waals surface area contributed by atoms with Gasteiger partial charge >= 0.3 is 6.03 Å². The zero-order chi connectivity index (χ0) is 18.5. The molecule has 2 heterocycles. The molecule has 1 aromatic heterocycles. The van der Waals surface area contributed by atoms with Gasteiger partial charge in [0, 0.05) is 45.1 Å². The number of aromatic nitrogens is 2. The van der Waals surface area contributed by atoms with Crippen LogP contribution >= 0.6 is 0 Å². The Morgan fingerprint density at radius 1 is 1.27 bits per heavy atom. The number of carbonyl (C=O) groups is 1. The number of anilines is 1. The van der Waals surface area contributed by atoms with Gasteiger partial charge < -0.3 is 15.1 Å². The van der Waals surface area contributed by atoms with Crippen LogP contribution in [0.15, 0.2) is 24.5 Å². The van der Waals surface area contributed by atoms with Crippen molar-refractivity contribution in [1.29, 1.82) is 0 Å². The van der Waals surface area contributed by atoms with Crippen molar-refractivity contribution < 1.29 is 4.79 Å². The first kappa shape index (κ1) is 18.3. The van der Waals surface area contributed by atoms with Crippen molar-refractivity contribution in [3.05, 3.63) is 24.5 Å². The van der Waals surface area contributed by atoms with Gasteiger partial charge in [0.05, 0.1) is 11.2 Å². The van der Waals surface area contributed by atoms with E-state index in [0.29, 0.717) is 18.9 Å². The number of benzene rings is 1. The highest BCUT2D eigenvalue weighted by Gasteiger charge is 2.19. The molecule has 138 valence electrons. The van der Waals surface area contributed by atoms with Crippen LogP contribution in [0.1, 0.15) is 20.3 Å². The Hall–Kier alpha value is -2.52. The summed E-state index contributed by atoms with van der Waals surface area (Å²) in [4.78, 5) is 21.7. The highest BCUT2D eigenvalue weighted by molar-refractivity contribution is 5.95. The number of para-hydroxylation sites is 1. The van der Waals surface area contributed by atoms with E-state index in [0.717, 1.165) is 42.9 Å². The van der Waals surface area contributed by atoms with Crippen LogP contribution in [-0.4, -0.2) is 60.3 Å². The van der Waals surface area contributed by atoms with E-state index in [1.807, 2.05) is 12.1 Å². The van der Waals surface area contributed by atoms with E-state index in [1.54, 1.807) is 10.9 Å². The van der Waals surface area contributed by atoms with Crippen LogP contribution in [-0.2, 0) is 0 Å². The summed E-state index contributed by atoms with van der Waals surface area (Å²) in [6.45, 7) is 8.68. The van der Waals surface area contributed by atoms with Crippen LogP contribution in [0, 0.1) is 17.8 Å². The fourth-order valence-electron chi connectivity index (χ4n) is 3.08. The predicted molar refractivity (Wildman–Crippen MR) is 105 cm³/mol. The normalized spacial score (nSPS) is 15.2. The van der Waals surface area contributed by atoms with Crippen molar-refractivity contribution in [3.8, 4) is 11.8 Å². The van der Waals surface area contributed by atoms with E-state index in [9.17, 15) is 4.79 Å². The molecule has 0 saturated carbocycles. The molecule has 0 atom stereocenters. The number of amides is 1. The Morgan fingerprint density at radius 2 is 2.04 bits per heavy atom. The van der Waals surface area contributed by atoms with E-state index in [1.165, 1.54) is 0 Å². The molecular formula is C20H27N5O. The zero-order valence-electron chi connectivity index (χ0n) is 15.8. The molecule has 0 aliphatic carbocycles. The molecule has 0 bridgehead atoms. The second kappa shape index (κ2) is 8.24. The first-order valence-corrected chi connectivity index (χ1v) is 9.22. The van der Waals surface area contributed by atoms with Gasteiger partial charge in [-0.15, -0.1) is 11.8 Å². The van der Waals surface area contributed by atoms with Crippen molar-refractivity contribution in [2.24, 2.45) is 5.92 Å². The van der Waals surface area contributed by atoms with Crippen LogP contribution in [0.3, 0.4) is 0 Å². The summed E-state index contributed by atoms with van der Waals surface area (Å²) in [6.07, 6.45) is 2.27. The minimum absolute atomic E-state index is 0.158. The maximum Gasteiger partial charge on any atom is 0.327 e. The van der Waals surface area contributed by atoms with E-state index in [4.69, 9.17) is 0 Å². The third-order valence-corrected chi connectivity index (χ3v) is 4.53. The van der Waals surface area contributed by atoms with Gasteiger partial charge in [-0.3, -0.25) is 4.57 Å². The maximum atomic E-state index is 12.5. The molecule has 0 spiro atoms. The lowest BCUT2D eigenvalue weighted by molar-refractivity contribution is 0.243. The number of imidazole rings is 1. The number of carbonyl (C=O) groups excluding carboxylic acids is 1. The van der Waals surface area contributed by atoms with Gasteiger partial charge in [0.25, 0.3) is 0 Å². The standard InChI is InChI=1S/C20H27N5O/c1-16(2)7-4-5-10-21-20(26)25-15-22-19-17(8-6-9-18(19)25)24-13-11-23(3)12-14-24/h6,8-9,15-16H,5,10-14H2,1-3H3,(H,21,26). The van der Waals surface area contributed by atoms with Crippen LogP contribution in [0.25, 0.3) is 11.0 Å². The van der Waals surface area contributed by atoms with Gasteiger partial charge in [-0.25, -0.2) is 9.78 Å². The summed E-state index contributed by atoms with van der Waals surface area (Å²) < 4.78 is 1.59. The molecule has 1 fully saturated rings. The van der Waals surface area contributed by atoms with Crippen LogP contribution < -0.4 is 10.2 Å². The summed E-state index contributed by atoms with van der Waals surface area (Å²) in [5.74, 6) is 6.54. The SMILES string of the molecule is CC(C)C#CCCNC(=O)n1cnc2c(N3CCN(C)CC3)cccc21. The third kappa shape index (κ3) is 4.17. The monoisotopic (exact) mass is 353 g/mol. The van der Waals surface area contributed by atoms with Gasteiger partial charge in [-0.2, -0.15) is 0 Å².